The van der Waals surface area contributed by atoms with Gasteiger partial charge in [0.1, 0.15) is 0 Å². The number of thiocarbonyl (C=S) groups is 2. The Morgan fingerprint density at radius 1 is 1.00 bits per heavy atom. The molecule has 0 amide bonds. The van der Waals surface area contributed by atoms with Gasteiger partial charge in [0, 0.05) is 0 Å². The molecule has 0 atom stereocenters. The Morgan fingerprint density at radius 2 is 1.56 bits per heavy atom. The highest BCUT2D eigenvalue weighted by atomic mass is 32.1. The standard InChI is InChI=1S/C7H5NS.C5H9NS/c9-6-8-7-4-2-1-3-5-7;1-5(2,3)6-4-7/h1-5H;1-3H3. The Labute approximate surface area is 107 Å². The molecule has 0 radical (unpaired) electrons. The second-order valence-electron chi connectivity index (χ2n) is 3.91. The average molecular weight is 250 g/mol. The molecule has 0 heterocycles. The van der Waals surface area contributed by atoms with E-state index in [1.54, 1.807) is 0 Å². The Hall–Kier alpha value is -1.18. The predicted molar refractivity (Wildman–Crippen MR) is 75.9 cm³/mol. The Bertz CT molecular complexity index is 395. The van der Waals surface area contributed by atoms with Crippen LogP contribution in [-0.4, -0.2) is 15.9 Å². The molecule has 0 aliphatic rings. The molecule has 0 aliphatic heterocycles. The monoisotopic (exact) mass is 250 g/mol. The quantitative estimate of drug-likeness (QED) is 0.548. The molecule has 84 valence electrons. The van der Waals surface area contributed by atoms with Crippen LogP contribution in [0, 0.1) is 0 Å². The lowest BCUT2D eigenvalue weighted by Crippen LogP contribution is -2.07. The third-order valence-electron chi connectivity index (χ3n) is 1.31. The minimum atomic E-state index is -0.0399. The first kappa shape index (κ1) is 14.8. The summed E-state index contributed by atoms with van der Waals surface area (Å²) in [7, 11) is 0. The summed E-state index contributed by atoms with van der Waals surface area (Å²) in [4.78, 5) is 7.59. The Morgan fingerprint density at radius 3 is 1.88 bits per heavy atom. The van der Waals surface area contributed by atoms with E-state index < -0.39 is 0 Å². The van der Waals surface area contributed by atoms with Crippen molar-refractivity contribution >= 4 is 40.4 Å². The zero-order chi connectivity index (χ0) is 12.4. The number of benzene rings is 1. The van der Waals surface area contributed by atoms with Crippen LogP contribution >= 0.6 is 24.4 Å². The van der Waals surface area contributed by atoms with Crippen LogP contribution in [0.25, 0.3) is 0 Å². The fourth-order valence-corrected chi connectivity index (χ4v) is 1.07. The number of hydrogen-bond donors (Lipinski definition) is 0. The predicted octanol–water partition coefficient (Wildman–Crippen LogP) is 4.31. The lowest BCUT2D eigenvalue weighted by molar-refractivity contribution is 0.588. The van der Waals surface area contributed by atoms with E-state index in [9.17, 15) is 0 Å². The van der Waals surface area contributed by atoms with Gasteiger partial charge in [0.2, 0.25) is 0 Å². The molecule has 0 bridgehead atoms. The molecule has 16 heavy (non-hydrogen) atoms. The Kier molecular flexibility index (Phi) is 7.44. The number of para-hydroxylation sites is 1. The molecule has 0 aromatic heterocycles. The van der Waals surface area contributed by atoms with Gasteiger partial charge in [-0.3, -0.25) is 0 Å². The van der Waals surface area contributed by atoms with Crippen molar-refractivity contribution in [2.24, 2.45) is 9.98 Å². The molecule has 4 heteroatoms. The first-order valence-corrected chi connectivity index (χ1v) is 5.53. The third-order valence-corrected chi connectivity index (χ3v) is 1.49. The molecule has 1 aromatic rings. The molecule has 1 rings (SSSR count). The van der Waals surface area contributed by atoms with Gasteiger partial charge in [0.15, 0.2) is 0 Å². The number of aliphatic imine (C=N–C) groups is 2. The van der Waals surface area contributed by atoms with E-state index in [2.05, 4.69) is 44.7 Å². The summed E-state index contributed by atoms with van der Waals surface area (Å²) in [5.74, 6) is 0. The van der Waals surface area contributed by atoms with Crippen molar-refractivity contribution in [3.63, 3.8) is 0 Å². The van der Waals surface area contributed by atoms with Crippen molar-refractivity contribution in [2.45, 2.75) is 26.3 Å². The molecule has 1 aromatic carbocycles. The maximum absolute atomic E-state index is 4.42. The van der Waals surface area contributed by atoms with E-state index in [1.807, 2.05) is 51.1 Å². The summed E-state index contributed by atoms with van der Waals surface area (Å²) in [6.45, 7) is 5.94. The van der Waals surface area contributed by atoms with E-state index in [4.69, 9.17) is 0 Å². The number of hydrogen-bond acceptors (Lipinski definition) is 4. The minimum Gasteiger partial charge on any atom is -0.227 e. The van der Waals surface area contributed by atoms with Crippen molar-refractivity contribution < 1.29 is 0 Å². The maximum Gasteiger partial charge on any atom is 0.0739 e. The fraction of sp³-hybridized carbons (Fsp3) is 0.333. The van der Waals surface area contributed by atoms with Gasteiger partial charge >= 0.3 is 0 Å². The van der Waals surface area contributed by atoms with Crippen molar-refractivity contribution in [3.05, 3.63) is 30.3 Å². The highest BCUT2D eigenvalue weighted by Crippen LogP contribution is 2.07. The third kappa shape index (κ3) is 9.38. The molecule has 0 unspecified atom stereocenters. The van der Waals surface area contributed by atoms with Gasteiger partial charge in [-0.25, -0.2) is 4.99 Å². The smallest absolute Gasteiger partial charge is 0.0739 e. The summed E-state index contributed by atoms with van der Waals surface area (Å²) < 4.78 is 0. The SMILES string of the molecule is CC(C)(C)N=C=S.S=C=Nc1ccccc1. The van der Waals surface area contributed by atoms with Gasteiger partial charge in [-0.1, -0.05) is 18.2 Å². The maximum atomic E-state index is 4.42. The lowest BCUT2D eigenvalue weighted by Gasteiger charge is -2.06. The van der Waals surface area contributed by atoms with Gasteiger partial charge in [-0.2, -0.15) is 4.99 Å². The summed E-state index contributed by atoms with van der Waals surface area (Å²) in [6.07, 6.45) is 0. The van der Waals surface area contributed by atoms with Gasteiger partial charge in [-0.05, 0) is 57.3 Å². The average Bonchev–Trinajstić information content (AvgIpc) is 2.19. The summed E-state index contributed by atoms with van der Waals surface area (Å²) in [6, 6.07) is 9.50. The summed E-state index contributed by atoms with van der Waals surface area (Å²) in [5, 5.41) is 4.61. The molecular formula is C12H14N2S2. The zero-order valence-corrected chi connectivity index (χ0v) is 11.2. The first-order valence-electron chi connectivity index (χ1n) is 4.71. The number of isothiocyanates is 2. The zero-order valence-electron chi connectivity index (χ0n) is 9.60. The lowest BCUT2D eigenvalue weighted by atomic mass is 10.1. The molecule has 2 nitrogen and oxygen atoms in total. The van der Waals surface area contributed by atoms with Gasteiger partial charge in [0.25, 0.3) is 0 Å². The van der Waals surface area contributed by atoms with Crippen LogP contribution < -0.4 is 0 Å². The van der Waals surface area contributed by atoms with E-state index in [-0.39, 0.29) is 5.54 Å². The largest absolute Gasteiger partial charge is 0.227 e. The van der Waals surface area contributed by atoms with Crippen LogP contribution in [0.2, 0.25) is 0 Å². The highest BCUT2D eigenvalue weighted by Gasteiger charge is 2.03. The van der Waals surface area contributed by atoms with Crippen molar-refractivity contribution in [3.8, 4) is 0 Å². The molecule has 0 spiro atoms. The minimum absolute atomic E-state index is 0.0399. The summed E-state index contributed by atoms with van der Waals surface area (Å²) in [5.41, 5.74) is 0.814. The van der Waals surface area contributed by atoms with Gasteiger partial charge in [-0.15, -0.1) is 0 Å². The van der Waals surface area contributed by atoms with E-state index >= 15 is 0 Å². The highest BCUT2D eigenvalue weighted by molar-refractivity contribution is 7.78. The van der Waals surface area contributed by atoms with Gasteiger partial charge in [0.05, 0.1) is 21.5 Å². The van der Waals surface area contributed by atoms with Crippen LogP contribution in [0.15, 0.2) is 40.3 Å². The second-order valence-corrected chi connectivity index (χ2v) is 4.28. The fourth-order valence-electron chi connectivity index (χ4n) is 0.692. The van der Waals surface area contributed by atoms with Crippen LogP contribution in [0.4, 0.5) is 5.69 Å². The van der Waals surface area contributed by atoms with Gasteiger partial charge < -0.3 is 0 Å². The Balaban J connectivity index is 0.000000293. The molecule has 0 N–H and O–H groups in total. The topological polar surface area (TPSA) is 24.7 Å². The number of rotatable bonds is 1. The molecule has 0 saturated heterocycles. The van der Waals surface area contributed by atoms with Crippen LogP contribution in [0.5, 0.6) is 0 Å². The van der Waals surface area contributed by atoms with Crippen LogP contribution in [0.1, 0.15) is 20.8 Å². The first-order chi connectivity index (χ1) is 7.49. The van der Waals surface area contributed by atoms with Crippen LogP contribution in [-0.2, 0) is 0 Å². The summed E-state index contributed by atoms with van der Waals surface area (Å²) >= 11 is 8.80. The normalized spacial score (nSPS) is 8.94. The van der Waals surface area contributed by atoms with Crippen LogP contribution in [0.3, 0.4) is 0 Å². The molecule has 0 saturated carbocycles. The molecular weight excluding hydrogens is 236 g/mol. The van der Waals surface area contributed by atoms with Crippen molar-refractivity contribution in [1.82, 2.24) is 0 Å². The van der Waals surface area contributed by atoms with Crippen molar-refractivity contribution in [1.29, 1.82) is 0 Å². The van der Waals surface area contributed by atoms with Crippen molar-refractivity contribution in [2.75, 3.05) is 0 Å². The van der Waals surface area contributed by atoms with E-state index in [0.29, 0.717) is 0 Å². The molecule has 0 fully saturated rings. The molecule has 0 aliphatic carbocycles. The second kappa shape index (κ2) is 8.03. The van der Waals surface area contributed by atoms with E-state index in [1.165, 1.54) is 0 Å². The number of nitrogens with zero attached hydrogens (tertiary/aromatic N) is 2. The van der Waals surface area contributed by atoms with E-state index in [0.717, 1.165) is 5.69 Å².